The van der Waals surface area contributed by atoms with Gasteiger partial charge in [-0.15, -0.1) is 11.8 Å². The maximum atomic E-state index is 14.6. The van der Waals surface area contributed by atoms with Crippen molar-refractivity contribution in [2.24, 2.45) is 5.16 Å². The number of benzene rings is 2. The molecular weight excluding hydrogens is 466 g/mol. The number of hydrogen-bond acceptors (Lipinski definition) is 5. The number of rotatable bonds is 7. The number of piperazine rings is 1. The Kier molecular flexibility index (Phi) is 8.30. The molecule has 10 heteroatoms. The molecule has 32 heavy (non-hydrogen) atoms. The minimum absolute atomic E-state index is 0.336. The predicted molar refractivity (Wildman–Crippen MR) is 122 cm³/mol. The fraction of sp³-hybridized carbons (Fsp3) is 0.409. The molecule has 0 saturated carbocycles. The van der Waals surface area contributed by atoms with Crippen molar-refractivity contribution in [3.05, 3.63) is 58.4 Å². The Labute approximate surface area is 194 Å². The third-order valence-electron chi connectivity index (χ3n) is 5.10. The summed E-state index contributed by atoms with van der Waals surface area (Å²) in [4.78, 5) is 9.48. The second kappa shape index (κ2) is 10.8. The zero-order chi connectivity index (χ0) is 23.3. The lowest BCUT2D eigenvalue weighted by Crippen LogP contribution is -2.48. The van der Waals surface area contributed by atoms with E-state index in [-0.39, 0.29) is 0 Å². The molecule has 0 bridgehead atoms. The van der Waals surface area contributed by atoms with Gasteiger partial charge in [-0.1, -0.05) is 28.9 Å². The summed E-state index contributed by atoms with van der Waals surface area (Å²) in [6.07, 6.45) is -4.27. The van der Waals surface area contributed by atoms with Gasteiger partial charge in [0.2, 0.25) is 0 Å². The second-order valence-electron chi connectivity index (χ2n) is 7.46. The van der Waals surface area contributed by atoms with Crippen molar-refractivity contribution in [1.29, 1.82) is 0 Å². The van der Waals surface area contributed by atoms with Crippen molar-refractivity contribution >= 4 is 34.8 Å². The Morgan fingerprint density at radius 1 is 1.12 bits per heavy atom. The summed E-state index contributed by atoms with van der Waals surface area (Å²) in [6, 6.07) is 10.2. The van der Waals surface area contributed by atoms with Crippen LogP contribution in [0.25, 0.3) is 0 Å². The van der Waals surface area contributed by atoms with Crippen LogP contribution in [-0.2, 0) is 4.84 Å². The van der Waals surface area contributed by atoms with Gasteiger partial charge < -0.3 is 9.74 Å². The fourth-order valence-electron chi connectivity index (χ4n) is 3.48. The predicted octanol–water partition coefficient (Wildman–Crippen LogP) is 5.61. The van der Waals surface area contributed by atoms with Crippen molar-refractivity contribution in [3.8, 4) is 0 Å². The molecule has 0 radical (unpaired) electrons. The Bertz CT molecular complexity index is 945. The summed E-state index contributed by atoms with van der Waals surface area (Å²) in [5.74, 6) is -1.42. The molecule has 0 amide bonds. The van der Waals surface area contributed by atoms with Gasteiger partial charge in [0.15, 0.2) is 0 Å². The average molecular weight is 490 g/mol. The normalized spacial score (nSPS) is 15.8. The van der Waals surface area contributed by atoms with Crippen LogP contribution in [0, 0.1) is 12.7 Å². The SMILES string of the molecule is CON=C(CN1CCN(c2cc(SCC(F)(F)F)c(C)cc2F)CC1)c1ccc(Cl)cc1. The first-order valence-corrected chi connectivity index (χ1v) is 11.4. The molecule has 1 aliphatic heterocycles. The molecule has 0 unspecified atom stereocenters. The number of thioether (sulfide) groups is 1. The van der Waals surface area contributed by atoms with E-state index >= 15 is 0 Å². The summed E-state index contributed by atoms with van der Waals surface area (Å²) in [6.45, 7) is 4.56. The molecule has 2 aromatic rings. The lowest BCUT2D eigenvalue weighted by molar-refractivity contribution is -0.105. The van der Waals surface area contributed by atoms with E-state index in [4.69, 9.17) is 16.4 Å². The van der Waals surface area contributed by atoms with Gasteiger partial charge in [-0.2, -0.15) is 13.2 Å². The first kappa shape index (κ1) is 24.7. The van der Waals surface area contributed by atoms with Crippen molar-refractivity contribution < 1.29 is 22.4 Å². The molecule has 0 N–H and O–H groups in total. The molecule has 1 fully saturated rings. The summed E-state index contributed by atoms with van der Waals surface area (Å²) in [5.41, 5.74) is 2.49. The van der Waals surface area contributed by atoms with E-state index in [1.807, 2.05) is 17.0 Å². The second-order valence-corrected chi connectivity index (χ2v) is 8.92. The molecule has 0 aliphatic carbocycles. The number of hydrogen-bond donors (Lipinski definition) is 0. The van der Waals surface area contributed by atoms with Gasteiger partial charge >= 0.3 is 6.18 Å². The van der Waals surface area contributed by atoms with Gasteiger partial charge in [-0.05, 0) is 36.8 Å². The molecule has 0 aromatic heterocycles. The molecule has 3 rings (SSSR count). The summed E-state index contributed by atoms with van der Waals surface area (Å²) < 4.78 is 52.5. The van der Waals surface area contributed by atoms with E-state index in [2.05, 4.69) is 10.1 Å². The first-order valence-electron chi connectivity index (χ1n) is 9.99. The van der Waals surface area contributed by atoms with E-state index in [0.29, 0.717) is 65.7 Å². The van der Waals surface area contributed by atoms with Gasteiger partial charge in [-0.25, -0.2) is 4.39 Å². The van der Waals surface area contributed by atoms with E-state index in [0.717, 1.165) is 11.3 Å². The topological polar surface area (TPSA) is 28.1 Å². The maximum Gasteiger partial charge on any atom is 0.398 e. The number of halogens is 5. The average Bonchev–Trinajstić information content (AvgIpc) is 2.73. The van der Waals surface area contributed by atoms with Gasteiger partial charge in [-0.3, -0.25) is 4.90 Å². The highest BCUT2D eigenvalue weighted by Gasteiger charge is 2.28. The minimum Gasteiger partial charge on any atom is -0.399 e. The lowest BCUT2D eigenvalue weighted by Gasteiger charge is -2.36. The van der Waals surface area contributed by atoms with Crippen LogP contribution in [0.2, 0.25) is 5.02 Å². The largest absolute Gasteiger partial charge is 0.399 e. The van der Waals surface area contributed by atoms with Crippen LogP contribution in [0.3, 0.4) is 0 Å². The zero-order valence-corrected chi connectivity index (χ0v) is 19.3. The summed E-state index contributed by atoms with van der Waals surface area (Å²) in [5, 5.41) is 4.77. The van der Waals surface area contributed by atoms with Crippen LogP contribution in [0.4, 0.5) is 23.2 Å². The Morgan fingerprint density at radius 3 is 2.38 bits per heavy atom. The van der Waals surface area contributed by atoms with E-state index in [1.165, 1.54) is 19.2 Å². The fourth-order valence-corrected chi connectivity index (χ4v) is 4.41. The highest BCUT2D eigenvalue weighted by atomic mass is 35.5. The van der Waals surface area contributed by atoms with Gasteiger partial charge in [0.1, 0.15) is 18.6 Å². The molecule has 1 saturated heterocycles. The third-order valence-corrected chi connectivity index (χ3v) is 6.58. The third kappa shape index (κ3) is 6.76. The van der Waals surface area contributed by atoms with Gasteiger partial charge in [0, 0.05) is 48.2 Å². The molecular formula is C22H24ClF4N3OS. The van der Waals surface area contributed by atoms with Crippen LogP contribution in [-0.4, -0.2) is 62.4 Å². The smallest absolute Gasteiger partial charge is 0.398 e. The number of nitrogens with zero attached hydrogens (tertiary/aromatic N) is 3. The highest BCUT2D eigenvalue weighted by molar-refractivity contribution is 7.99. The molecule has 2 aromatic carbocycles. The molecule has 1 heterocycles. The lowest BCUT2D eigenvalue weighted by atomic mass is 10.1. The van der Waals surface area contributed by atoms with Crippen molar-refractivity contribution in [1.82, 2.24) is 4.90 Å². The van der Waals surface area contributed by atoms with Crippen LogP contribution in [0.5, 0.6) is 0 Å². The number of aryl methyl sites for hydroxylation is 1. The molecule has 0 atom stereocenters. The highest BCUT2D eigenvalue weighted by Crippen LogP contribution is 2.34. The molecule has 4 nitrogen and oxygen atoms in total. The van der Waals surface area contributed by atoms with Crippen molar-refractivity contribution in [3.63, 3.8) is 0 Å². The number of anilines is 1. The number of oxime groups is 1. The monoisotopic (exact) mass is 489 g/mol. The zero-order valence-electron chi connectivity index (χ0n) is 17.8. The van der Waals surface area contributed by atoms with Crippen LogP contribution in [0.1, 0.15) is 11.1 Å². The minimum atomic E-state index is -4.27. The summed E-state index contributed by atoms with van der Waals surface area (Å²) in [7, 11) is 1.49. The van der Waals surface area contributed by atoms with E-state index in [1.54, 1.807) is 19.1 Å². The molecule has 174 valence electrons. The standard InChI is InChI=1S/C22H24ClF4N3OS/c1-15-11-18(24)20(12-21(15)32-14-22(25,26)27)30-9-7-29(8-10-30)13-19(28-31-2)16-3-5-17(23)6-4-16/h3-6,11-12H,7-10,13-14H2,1-2H3. The first-order chi connectivity index (χ1) is 15.2. The number of alkyl halides is 3. The van der Waals surface area contributed by atoms with Crippen LogP contribution < -0.4 is 4.90 Å². The Balaban J connectivity index is 1.66. The molecule has 0 spiro atoms. The maximum absolute atomic E-state index is 14.6. The van der Waals surface area contributed by atoms with E-state index in [9.17, 15) is 17.6 Å². The van der Waals surface area contributed by atoms with Crippen molar-refractivity contribution in [2.75, 3.05) is 50.5 Å². The van der Waals surface area contributed by atoms with Crippen LogP contribution >= 0.6 is 23.4 Å². The summed E-state index contributed by atoms with van der Waals surface area (Å²) >= 11 is 6.65. The van der Waals surface area contributed by atoms with E-state index < -0.39 is 17.7 Å². The Morgan fingerprint density at radius 2 is 1.78 bits per heavy atom. The quantitative estimate of drug-likeness (QED) is 0.218. The Hall–Kier alpha value is -1.97. The van der Waals surface area contributed by atoms with Gasteiger partial charge in [0.05, 0.1) is 11.4 Å². The van der Waals surface area contributed by atoms with Crippen molar-refractivity contribution in [2.45, 2.75) is 18.0 Å². The molecule has 1 aliphatic rings. The van der Waals surface area contributed by atoms with Crippen LogP contribution in [0.15, 0.2) is 46.4 Å². The van der Waals surface area contributed by atoms with Gasteiger partial charge in [0.25, 0.3) is 0 Å².